The van der Waals surface area contributed by atoms with Crippen molar-refractivity contribution in [1.82, 2.24) is 20.2 Å². The van der Waals surface area contributed by atoms with Gasteiger partial charge in [-0.05, 0) is 73.0 Å². The Morgan fingerprint density at radius 1 is 0.941 bits per heavy atom. The highest BCUT2D eigenvalue weighted by Crippen LogP contribution is 2.43. The SMILES string of the molecule is CC(C)(C)n1nnnc1C(c1ccc(C(F)(F)F)cc1)C(N)(Cc1ccccc1)c1ccco1. The van der Waals surface area contributed by atoms with E-state index in [0.29, 0.717) is 23.6 Å². The first-order chi connectivity index (χ1) is 16.0. The summed E-state index contributed by atoms with van der Waals surface area (Å²) in [6.07, 6.45) is -2.59. The van der Waals surface area contributed by atoms with Crippen LogP contribution in [0.15, 0.2) is 77.4 Å². The van der Waals surface area contributed by atoms with Gasteiger partial charge in [-0.1, -0.05) is 42.5 Å². The molecule has 2 unspecified atom stereocenters. The van der Waals surface area contributed by atoms with Crippen molar-refractivity contribution in [3.8, 4) is 0 Å². The normalized spacial score (nSPS) is 15.1. The number of hydrogen-bond donors (Lipinski definition) is 1. The van der Waals surface area contributed by atoms with Gasteiger partial charge >= 0.3 is 6.18 Å². The number of alkyl halides is 3. The predicted molar refractivity (Wildman–Crippen MR) is 121 cm³/mol. The van der Waals surface area contributed by atoms with Crippen LogP contribution in [0.5, 0.6) is 0 Å². The molecule has 2 atom stereocenters. The molecule has 0 saturated heterocycles. The largest absolute Gasteiger partial charge is 0.467 e. The molecular weight excluding hydrogens is 443 g/mol. The molecule has 0 saturated carbocycles. The zero-order valence-corrected chi connectivity index (χ0v) is 19.1. The number of rotatable bonds is 6. The lowest BCUT2D eigenvalue weighted by Crippen LogP contribution is -2.47. The van der Waals surface area contributed by atoms with Gasteiger partial charge in [-0.25, -0.2) is 4.68 Å². The Hall–Kier alpha value is -3.46. The van der Waals surface area contributed by atoms with E-state index < -0.39 is 28.7 Å². The molecule has 2 N–H and O–H groups in total. The van der Waals surface area contributed by atoms with Crippen LogP contribution >= 0.6 is 0 Å². The van der Waals surface area contributed by atoms with Gasteiger partial charge in [0.05, 0.1) is 28.8 Å². The van der Waals surface area contributed by atoms with Gasteiger partial charge in [0.2, 0.25) is 0 Å². The van der Waals surface area contributed by atoms with Crippen LogP contribution in [0.4, 0.5) is 13.2 Å². The fourth-order valence-corrected chi connectivity index (χ4v) is 4.20. The minimum Gasteiger partial charge on any atom is -0.467 e. The van der Waals surface area contributed by atoms with E-state index in [4.69, 9.17) is 10.2 Å². The monoisotopic (exact) mass is 469 g/mol. The van der Waals surface area contributed by atoms with Crippen molar-refractivity contribution in [3.63, 3.8) is 0 Å². The summed E-state index contributed by atoms with van der Waals surface area (Å²) < 4.78 is 47.3. The fourth-order valence-electron chi connectivity index (χ4n) is 4.20. The Labute approximate surface area is 195 Å². The number of hydrogen-bond acceptors (Lipinski definition) is 5. The van der Waals surface area contributed by atoms with E-state index in [-0.39, 0.29) is 0 Å². The second-order valence-corrected chi connectivity index (χ2v) is 9.35. The van der Waals surface area contributed by atoms with E-state index >= 15 is 0 Å². The molecular formula is C25H26F3N5O. The number of nitrogens with zero attached hydrogens (tertiary/aromatic N) is 4. The lowest BCUT2D eigenvalue weighted by atomic mass is 9.73. The number of tetrazole rings is 1. The number of halogens is 3. The first kappa shape index (κ1) is 23.7. The Morgan fingerprint density at radius 3 is 2.18 bits per heavy atom. The molecule has 2 aromatic carbocycles. The van der Waals surface area contributed by atoms with Crippen LogP contribution in [0.3, 0.4) is 0 Å². The smallest absolute Gasteiger partial charge is 0.416 e. The molecule has 0 amide bonds. The van der Waals surface area contributed by atoms with E-state index in [9.17, 15) is 13.2 Å². The minimum absolute atomic E-state index is 0.337. The van der Waals surface area contributed by atoms with E-state index in [1.807, 2.05) is 51.1 Å². The summed E-state index contributed by atoms with van der Waals surface area (Å²) in [7, 11) is 0. The number of nitrogens with two attached hydrogens (primary N) is 1. The number of aromatic nitrogens is 4. The topological polar surface area (TPSA) is 82.8 Å². The molecule has 178 valence electrons. The molecule has 4 aromatic rings. The van der Waals surface area contributed by atoms with Crippen molar-refractivity contribution in [2.45, 2.75) is 50.4 Å². The van der Waals surface area contributed by atoms with Gasteiger partial charge in [0, 0.05) is 0 Å². The third kappa shape index (κ3) is 4.61. The zero-order chi connectivity index (χ0) is 24.6. The summed E-state index contributed by atoms with van der Waals surface area (Å²) in [5.74, 6) is 0.196. The van der Waals surface area contributed by atoms with Crippen LogP contribution < -0.4 is 5.73 Å². The zero-order valence-electron chi connectivity index (χ0n) is 19.1. The quantitative estimate of drug-likeness (QED) is 0.416. The van der Waals surface area contributed by atoms with Crippen molar-refractivity contribution in [3.05, 3.63) is 101 Å². The molecule has 0 fully saturated rings. The Balaban J connectivity index is 1.94. The fraction of sp³-hybridized carbons (Fsp3) is 0.320. The first-order valence-electron chi connectivity index (χ1n) is 10.8. The maximum absolute atomic E-state index is 13.3. The molecule has 2 heterocycles. The molecule has 6 nitrogen and oxygen atoms in total. The third-order valence-electron chi connectivity index (χ3n) is 5.79. The summed E-state index contributed by atoms with van der Waals surface area (Å²) >= 11 is 0. The highest BCUT2D eigenvalue weighted by molar-refractivity contribution is 5.38. The Morgan fingerprint density at radius 2 is 1.62 bits per heavy atom. The third-order valence-corrected chi connectivity index (χ3v) is 5.79. The molecule has 9 heteroatoms. The highest BCUT2D eigenvalue weighted by Gasteiger charge is 2.45. The summed E-state index contributed by atoms with van der Waals surface area (Å²) in [5, 5.41) is 12.4. The Kier molecular flexibility index (Phi) is 6.07. The first-order valence-corrected chi connectivity index (χ1v) is 10.8. The molecule has 0 aliphatic rings. The van der Waals surface area contributed by atoms with Gasteiger partial charge < -0.3 is 10.2 Å². The van der Waals surface area contributed by atoms with E-state index in [1.165, 1.54) is 18.4 Å². The standard InChI is InChI=1S/C25H26F3N5O/c1-23(2,3)33-22(30-31-32-33)21(18-11-13-19(14-12-18)25(26,27)28)24(29,20-10-7-15-34-20)16-17-8-5-4-6-9-17/h4-15,21H,16,29H2,1-3H3. The second kappa shape index (κ2) is 8.72. The molecule has 34 heavy (non-hydrogen) atoms. The summed E-state index contributed by atoms with van der Waals surface area (Å²) in [6, 6.07) is 18.1. The second-order valence-electron chi connectivity index (χ2n) is 9.35. The van der Waals surface area contributed by atoms with E-state index in [1.54, 1.807) is 16.8 Å². The molecule has 0 aliphatic carbocycles. The summed E-state index contributed by atoms with van der Waals surface area (Å²) in [5.41, 5.74) is 6.21. The lowest BCUT2D eigenvalue weighted by molar-refractivity contribution is -0.137. The van der Waals surface area contributed by atoms with Gasteiger partial charge in [0.15, 0.2) is 5.82 Å². The van der Waals surface area contributed by atoms with Gasteiger partial charge in [0.25, 0.3) is 0 Å². The molecule has 0 spiro atoms. The molecule has 4 rings (SSSR count). The van der Waals surface area contributed by atoms with Crippen LogP contribution in [0.1, 0.15) is 55.0 Å². The van der Waals surface area contributed by atoms with Crippen LogP contribution in [0, 0.1) is 0 Å². The summed E-state index contributed by atoms with van der Waals surface area (Å²) in [6.45, 7) is 5.83. The highest BCUT2D eigenvalue weighted by atomic mass is 19.4. The molecule has 2 aromatic heterocycles. The Bertz CT molecular complexity index is 1210. The minimum atomic E-state index is -4.45. The molecule has 0 aliphatic heterocycles. The number of benzene rings is 2. The van der Waals surface area contributed by atoms with E-state index in [0.717, 1.165) is 17.7 Å². The van der Waals surface area contributed by atoms with Crippen LogP contribution in [0.2, 0.25) is 0 Å². The van der Waals surface area contributed by atoms with E-state index in [2.05, 4.69) is 15.5 Å². The molecule has 0 radical (unpaired) electrons. The van der Waals surface area contributed by atoms with Crippen LogP contribution in [-0.2, 0) is 23.7 Å². The average molecular weight is 470 g/mol. The van der Waals surface area contributed by atoms with Crippen molar-refractivity contribution < 1.29 is 17.6 Å². The van der Waals surface area contributed by atoms with Gasteiger partial charge in [-0.15, -0.1) is 5.10 Å². The predicted octanol–water partition coefficient (Wildman–Crippen LogP) is 5.27. The summed E-state index contributed by atoms with van der Waals surface area (Å²) in [4.78, 5) is 0. The van der Waals surface area contributed by atoms with Crippen LogP contribution in [0.25, 0.3) is 0 Å². The maximum atomic E-state index is 13.3. The van der Waals surface area contributed by atoms with Crippen molar-refractivity contribution in [2.24, 2.45) is 5.73 Å². The van der Waals surface area contributed by atoms with Gasteiger partial charge in [-0.3, -0.25) is 0 Å². The lowest BCUT2D eigenvalue weighted by Gasteiger charge is -2.37. The van der Waals surface area contributed by atoms with Crippen molar-refractivity contribution in [2.75, 3.05) is 0 Å². The van der Waals surface area contributed by atoms with Gasteiger partial charge in [-0.2, -0.15) is 13.2 Å². The molecule has 0 bridgehead atoms. The average Bonchev–Trinajstić information content (AvgIpc) is 3.47. The van der Waals surface area contributed by atoms with Crippen LogP contribution in [-0.4, -0.2) is 20.2 Å². The van der Waals surface area contributed by atoms with Crippen molar-refractivity contribution in [1.29, 1.82) is 0 Å². The maximum Gasteiger partial charge on any atom is 0.416 e. The van der Waals surface area contributed by atoms with Crippen molar-refractivity contribution >= 4 is 0 Å². The van der Waals surface area contributed by atoms with Gasteiger partial charge in [0.1, 0.15) is 5.76 Å². The number of furan rings is 1.